The first-order valence-corrected chi connectivity index (χ1v) is 13.3. The van der Waals surface area contributed by atoms with Gasteiger partial charge in [0.1, 0.15) is 0 Å². The highest BCUT2D eigenvalue weighted by atomic mass is 31.2. The van der Waals surface area contributed by atoms with Gasteiger partial charge in [-0.1, -0.05) is 76.9 Å². The lowest BCUT2D eigenvalue weighted by Gasteiger charge is -2.04. The Kier molecular flexibility index (Phi) is 28.5. The van der Waals surface area contributed by atoms with Crippen LogP contribution < -0.4 is 5.32 Å². The third kappa shape index (κ3) is 35.2. The predicted octanol–water partition coefficient (Wildman–Crippen LogP) is 4.69. The topological polar surface area (TPSA) is 119 Å². The lowest BCUT2D eigenvalue weighted by molar-refractivity contribution is 0.193. The van der Waals surface area contributed by atoms with Crippen LogP contribution in [0.2, 0.25) is 0 Å². The van der Waals surface area contributed by atoms with E-state index in [1.165, 1.54) is 70.6 Å². The Morgan fingerprint density at radius 1 is 0.733 bits per heavy atom. The molecule has 0 bridgehead atoms. The fraction of sp³-hybridized carbons (Fsp3) is 0.909. The summed E-state index contributed by atoms with van der Waals surface area (Å²) in [5, 5.41) is 19.1. The predicted molar refractivity (Wildman–Crippen MR) is 124 cm³/mol. The van der Waals surface area contributed by atoms with Gasteiger partial charge >= 0.3 is 7.82 Å². The van der Waals surface area contributed by atoms with E-state index in [1.54, 1.807) is 0 Å². The second-order valence-electron chi connectivity index (χ2n) is 7.46. The minimum absolute atomic E-state index is 0.139. The van der Waals surface area contributed by atoms with E-state index >= 15 is 0 Å². The van der Waals surface area contributed by atoms with Gasteiger partial charge in [-0.15, -0.1) is 0 Å². The van der Waals surface area contributed by atoms with Gasteiger partial charge in [0.2, 0.25) is 0 Å². The highest BCUT2D eigenvalue weighted by Crippen LogP contribution is 2.35. The van der Waals surface area contributed by atoms with E-state index in [1.807, 2.05) is 0 Å². The number of phosphoric acid groups is 1. The van der Waals surface area contributed by atoms with Crippen LogP contribution in [0.15, 0.2) is 12.2 Å². The minimum atomic E-state index is -4.26. The zero-order chi connectivity index (χ0) is 22.8. The summed E-state index contributed by atoms with van der Waals surface area (Å²) in [5.74, 6) is 0. The molecule has 8 heteroatoms. The van der Waals surface area contributed by atoms with E-state index in [0.29, 0.717) is 13.1 Å². The molecule has 30 heavy (non-hydrogen) atoms. The van der Waals surface area contributed by atoms with Crippen LogP contribution >= 0.6 is 7.82 Å². The van der Waals surface area contributed by atoms with Crippen molar-refractivity contribution in [3.63, 3.8) is 0 Å². The summed E-state index contributed by atoms with van der Waals surface area (Å²) in [6.07, 6.45) is 21.7. The lowest BCUT2D eigenvalue weighted by atomic mass is 10.1. The summed E-state index contributed by atoms with van der Waals surface area (Å²) in [4.78, 5) is 17.1. The molecule has 0 spiro atoms. The molecule has 0 aliphatic heterocycles. The standard InChI is InChI=1S/C18H37O4P.C4H11NO2/c1-2-3-4-5-6-7-8-9-10-11-12-13-14-15-16-17-18-22-23(19,20)21;6-3-1-5-2-4-7/h9-10H,2-8,11-18H2,1H3,(H2,19,20,21);5-7H,1-4H2/b10-9-;. The number of nitrogens with one attached hydrogen (secondary N) is 1. The molecule has 0 saturated carbocycles. The number of hydrogen-bond donors (Lipinski definition) is 5. The van der Waals surface area contributed by atoms with Gasteiger partial charge in [-0.05, 0) is 32.1 Å². The minimum Gasteiger partial charge on any atom is -0.395 e. The van der Waals surface area contributed by atoms with E-state index in [0.717, 1.165) is 19.3 Å². The molecule has 0 rings (SSSR count). The first kappa shape index (κ1) is 31.9. The van der Waals surface area contributed by atoms with Crippen LogP contribution in [0.1, 0.15) is 96.8 Å². The van der Waals surface area contributed by atoms with Gasteiger partial charge in [-0.2, -0.15) is 0 Å². The number of aliphatic hydroxyl groups is 2. The highest BCUT2D eigenvalue weighted by molar-refractivity contribution is 7.46. The summed E-state index contributed by atoms with van der Waals surface area (Å²) >= 11 is 0. The summed E-state index contributed by atoms with van der Waals surface area (Å²) < 4.78 is 14.9. The molecule has 0 aromatic carbocycles. The molecular weight excluding hydrogens is 405 g/mol. The SMILES string of the molecule is CCCCCCCC/C=C\CCCCCCCCOP(=O)(O)O.OCCNCCO. The van der Waals surface area contributed by atoms with Crippen molar-refractivity contribution >= 4 is 7.82 Å². The number of unbranched alkanes of at least 4 members (excludes halogenated alkanes) is 12. The monoisotopic (exact) mass is 453 g/mol. The first-order valence-electron chi connectivity index (χ1n) is 11.8. The van der Waals surface area contributed by atoms with Crippen LogP contribution in [0.4, 0.5) is 0 Å². The summed E-state index contributed by atoms with van der Waals surface area (Å²) in [5.41, 5.74) is 0. The van der Waals surface area contributed by atoms with Crippen molar-refractivity contribution in [2.75, 3.05) is 32.9 Å². The third-order valence-electron chi connectivity index (χ3n) is 4.49. The molecular formula is C22H48NO6P. The Morgan fingerprint density at radius 2 is 1.17 bits per heavy atom. The number of allylic oxidation sites excluding steroid dienone is 2. The first-order chi connectivity index (χ1) is 14.5. The van der Waals surface area contributed by atoms with E-state index < -0.39 is 7.82 Å². The zero-order valence-electron chi connectivity index (χ0n) is 19.1. The number of hydrogen-bond acceptors (Lipinski definition) is 5. The molecule has 0 atom stereocenters. The fourth-order valence-electron chi connectivity index (χ4n) is 2.82. The van der Waals surface area contributed by atoms with Crippen molar-refractivity contribution in [2.24, 2.45) is 0 Å². The molecule has 0 fully saturated rings. The number of rotatable bonds is 21. The molecule has 0 aliphatic rings. The van der Waals surface area contributed by atoms with Gasteiger partial charge < -0.3 is 25.3 Å². The maximum absolute atomic E-state index is 10.5. The van der Waals surface area contributed by atoms with Crippen LogP contribution in [0.5, 0.6) is 0 Å². The van der Waals surface area contributed by atoms with Crippen molar-refractivity contribution in [1.29, 1.82) is 0 Å². The average Bonchev–Trinajstić information content (AvgIpc) is 2.70. The Hall–Kier alpha value is -0.270. The van der Waals surface area contributed by atoms with E-state index in [2.05, 4.69) is 28.9 Å². The van der Waals surface area contributed by atoms with Gasteiger partial charge in [0.15, 0.2) is 0 Å². The Labute approximate surface area is 184 Å². The Bertz CT molecular complexity index is 386. The van der Waals surface area contributed by atoms with Gasteiger partial charge in [-0.3, -0.25) is 4.52 Å². The molecule has 182 valence electrons. The van der Waals surface area contributed by atoms with Crippen LogP contribution in [0, 0.1) is 0 Å². The molecule has 0 aliphatic carbocycles. The maximum atomic E-state index is 10.5. The third-order valence-corrected chi connectivity index (χ3v) is 5.01. The van der Waals surface area contributed by atoms with Crippen LogP contribution in [-0.2, 0) is 9.09 Å². The molecule has 0 aromatic heterocycles. The van der Waals surface area contributed by atoms with Crippen LogP contribution in [0.25, 0.3) is 0 Å². The summed E-state index contributed by atoms with van der Waals surface area (Å²) in [6, 6.07) is 0. The van der Waals surface area contributed by atoms with Crippen molar-refractivity contribution in [3.05, 3.63) is 12.2 Å². The van der Waals surface area contributed by atoms with Crippen LogP contribution in [-0.4, -0.2) is 52.9 Å². The van der Waals surface area contributed by atoms with Crippen molar-refractivity contribution in [3.8, 4) is 0 Å². The van der Waals surface area contributed by atoms with Gasteiger partial charge in [-0.25, -0.2) is 4.57 Å². The smallest absolute Gasteiger partial charge is 0.395 e. The maximum Gasteiger partial charge on any atom is 0.469 e. The molecule has 0 heterocycles. The number of phosphoric ester groups is 1. The lowest BCUT2D eigenvalue weighted by Crippen LogP contribution is -2.21. The average molecular weight is 454 g/mol. The second kappa shape index (κ2) is 26.8. The fourth-order valence-corrected chi connectivity index (χ4v) is 3.18. The molecule has 0 aromatic rings. The van der Waals surface area contributed by atoms with Gasteiger partial charge in [0.25, 0.3) is 0 Å². The molecule has 0 radical (unpaired) electrons. The summed E-state index contributed by atoms with van der Waals surface area (Å²) in [6.45, 7) is 3.83. The normalized spacial score (nSPS) is 11.6. The molecule has 7 nitrogen and oxygen atoms in total. The van der Waals surface area contributed by atoms with Crippen LogP contribution in [0.3, 0.4) is 0 Å². The van der Waals surface area contributed by atoms with Gasteiger partial charge in [0.05, 0.1) is 19.8 Å². The van der Waals surface area contributed by atoms with E-state index in [9.17, 15) is 4.57 Å². The largest absolute Gasteiger partial charge is 0.469 e. The molecule has 0 amide bonds. The Morgan fingerprint density at radius 3 is 1.60 bits per heavy atom. The molecule has 0 unspecified atom stereocenters. The Balaban J connectivity index is 0. The van der Waals surface area contributed by atoms with Gasteiger partial charge in [0, 0.05) is 13.1 Å². The highest BCUT2D eigenvalue weighted by Gasteiger charge is 2.12. The van der Waals surface area contributed by atoms with E-state index in [4.69, 9.17) is 20.0 Å². The second-order valence-corrected chi connectivity index (χ2v) is 8.70. The summed E-state index contributed by atoms with van der Waals surface area (Å²) in [7, 11) is -4.26. The zero-order valence-corrected chi connectivity index (χ0v) is 20.0. The van der Waals surface area contributed by atoms with Crippen molar-refractivity contribution in [1.82, 2.24) is 5.32 Å². The number of aliphatic hydroxyl groups excluding tert-OH is 2. The quantitative estimate of drug-likeness (QED) is 0.0971. The van der Waals surface area contributed by atoms with E-state index in [-0.39, 0.29) is 19.8 Å². The van der Waals surface area contributed by atoms with Crippen molar-refractivity contribution in [2.45, 2.75) is 96.8 Å². The molecule has 5 N–H and O–H groups in total. The van der Waals surface area contributed by atoms with Crippen molar-refractivity contribution < 1.29 is 29.1 Å². The molecule has 0 saturated heterocycles.